The number of allylic oxidation sites excluding steroid dienone is 1. The summed E-state index contributed by atoms with van der Waals surface area (Å²) in [5.41, 5.74) is 2.35. The van der Waals surface area contributed by atoms with Gasteiger partial charge in [-0.15, -0.1) is 0 Å². The van der Waals surface area contributed by atoms with Crippen LogP contribution >= 0.6 is 0 Å². The molecule has 33 heavy (non-hydrogen) atoms. The lowest BCUT2D eigenvalue weighted by Crippen LogP contribution is -2.24. The zero-order chi connectivity index (χ0) is 23.8. The highest BCUT2D eigenvalue weighted by Crippen LogP contribution is 2.42. The van der Waals surface area contributed by atoms with Crippen molar-refractivity contribution in [2.24, 2.45) is 5.92 Å². The molecule has 2 aromatic rings. The van der Waals surface area contributed by atoms with Crippen LogP contribution in [0.5, 0.6) is 0 Å². The van der Waals surface area contributed by atoms with Crippen molar-refractivity contribution in [1.29, 1.82) is 0 Å². The highest BCUT2D eigenvalue weighted by atomic mass is 32.2. The van der Waals surface area contributed by atoms with Gasteiger partial charge in [-0.05, 0) is 62.9 Å². The van der Waals surface area contributed by atoms with Crippen molar-refractivity contribution in [2.45, 2.75) is 61.8 Å². The fraction of sp³-hybridized carbons (Fsp3) is 0.375. The van der Waals surface area contributed by atoms with Crippen molar-refractivity contribution in [1.82, 2.24) is 0 Å². The Morgan fingerprint density at radius 3 is 1.88 bits per heavy atom. The number of Topliss-reactive ketones (excluding diaryl/α,β-unsaturated/α-hetero) is 1. The van der Waals surface area contributed by atoms with Crippen molar-refractivity contribution in [2.75, 3.05) is 0 Å². The number of carbonyl (C=O) groups excluding carboxylic acids is 1. The van der Waals surface area contributed by atoms with Crippen molar-refractivity contribution in [3.63, 3.8) is 0 Å². The molecule has 176 valence electrons. The fourth-order valence-corrected chi connectivity index (χ4v) is 6.46. The molecule has 2 aromatic carbocycles. The average Bonchev–Trinajstić information content (AvgIpc) is 3.34. The summed E-state index contributed by atoms with van der Waals surface area (Å²) in [5, 5.41) is 0. The van der Waals surface area contributed by atoms with Gasteiger partial charge in [-0.1, -0.05) is 41.8 Å². The van der Waals surface area contributed by atoms with E-state index in [0.29, 0.717) is 31.3 Å². The van der Waals surface area contributed by atoms with E-state index >= 15 is 0 Å². The van der Waals surface area contributed by atoms with Gasteiger partial charge in [0, 0.05) is 12.3 Å². The second kappa shape index (κ2) is 9.04. The molecule has 7 nitrogen and oxygen atoms in total. The third kappa shape index (κ3) is 5.05. The molecule has 1 saturated carbocycles. The van der Waals surface area contributed by atoms with Crippen LogP contribution in [0.4, 0.5) is 0 Å². The standard InChI is InChI=1S/C24H26O7S2/c1-16-6-10-18(11-7-16)32(26,27)30-23-5-3-4-20(23)21-14-15-22(25)24(21)31-33(28,29)19-12-8-17(2)9-13-19/h6-13,20,23H,3-5,14-15H2,1-2H3. The molecule has 0 N–H and O–H groups in total. The SMILES string of the molecule is Cc1ccc(S(=O)(=O)OC2=C(C3CCCC3OS(=O)(=O)c3ccc(C)cc3)CCC2=O)cc1. The number of hydrogen-bond donors (Lipinski definition) is 0. The Balaban J connectivity index is 1.60. The van der Waals surface area contributed by atoms with Crippen LogP contribution in [-0.2, 0) is 33.4 Å². The van der Waals surface area contributed by atoms with E-state index in [1.165, 1.54) is 24.3 Å². The molecule has 0 spiro atoms. The topological polar surface area (TPSA) is 104 Å². The normalized spacial score (nSPS) is 21.6. The molecule has 2 unspecified atom stereocenters. The first kappa shape index (κ1) is 23.7. The minimum absolute atomic E-state index is 0.0409. The van der Waals surface area contributed by atoms with E-state index in [-0.39, 0.29) is 22.0 Å². The van der Waals surface area contributed by atoms with Gasteiger partial charge in [0.15, 0.2) is 11.5 Å². The van der Waals surface area contributed by atoms with Crippen LogP contribution in [0.15, 0.2) is 69.7 Å². The maximum absolute atomic E-state index is 12.8. The van der Waals surface area contributed by atoms with Gasteiger partial charge in [0.25, 0.3) is 10.1 Å². The zero-order valence-corrected chi connectivity index (χ0v) is 20.1. The fourth-order valence-electron chi connectivity index (χ4n) is 4.33. The molecule has 9 heteroatoms. The van der Waals surface area contributed by atoms with Crippen LogP contribution in [0.1, 0.15) is 43.2 Å². The Labute approximate surface area is 194 Å². The molecule has 2 atom stereocenters. The van der Waals surface area contributed by atoms with E-state index in [1.54, 1.807) is 24.3 Å². The van der Waals surface area contributed by atoms with Crippen LogP contribution in [0, 0.1) is 19.8 Å². The first-order chi connectivity index (χ1) is 15.6. The van der Waals surface area contributed by atoms with Gasteiger partial charge in [-0.2, -0.15) is 16.8 Å². The van der Waals surface area contributed by atoms with Crippen LogP contribution < -0.4 is 0 Å². The molecule has 0 aliphatic heterocycles. The number of rotatable bonds is 7. The Bertz CT molecular complexity index is 1290. The molecule has 4 rings (SSSR count). The summed E-state index contributed by atoms with van der Waals surface area (Å²) in [6, 6.07) is 12.5. The molecule has 0 heterocycles. The molecule has 0 saturated heterocycles. The number of aryl methyl sites for hydroxylation is 2. The van der Waals surface area contributed by atoms with Gasteiger partial charge < -0.3 is 4.18 Å². The van der Waals surface area contributed by atoms with Crippen LogP contribution in [0.25, 0.3) is 0 Å². The number of ketones is 1. The summed E-state index contributed by atoms with van der Waals surface area (Å²) < 4.78 is 62.1. The Morgan fingerprint density at radius 1 is 0.758 bits per heavy atom. The second-order valence-corrected chi connectivity index (χ2v) is 11.7. The summed E-state index contributed by atoms with van der Waals surface area (Å²) in [5.74, 6) is -0.989. The van der Waals surface area contributed by atoms with Gasteiger partial charge in [0.2, 0.25) is 0 Å². The largest absolute Gasteiger partial charge is 0.375 e. The molecule has 1 fully saturated rings. The van der Waals surface area contributed by atoms with Crippen molar-refractivity contribution in [3.8, 4) is 0 Å². The van der Waals surface area contributed by atoms with Gasteiger partial charge >= 0.3 is 10.1 Å². The monoisotopic (exact) mass is 490 g/mol. The highest BCUT2D eigenvalue weighted by Gasteiger charge is 2.41. The van der Waals surface area contributed by atoms with Gasteiger partial charge in [0.1, 0.15) is 4.90 Å². The summed E-state index contributed by atoms with van der Waals surface area (Å²) >= 11 is 0. The smallest absolute Gasteiger partial charge is 0.339 e. The minimum Gasteiger partial charge on any atom is -0.375 e. The van der Waals surface area contributed by atoms with E-state index in [1.807, 2.05) is 13.8 Å². The number of benzene rings is 2. The van der Waals surface area contributed by atoms with Gasteiger partial charge in [-0.25, -0.2) is 0 Å². The van der Waals surface area contributed by atoms with E-state index in [0.717, 1.165) is 11.1 Å². The molecule has 0 radical (unpaired) electrons. The molecular formula is C24H26O7S2. The summed E-state index contributed by atoms with van der Waals surface area (Å²) in [6.07, 6.45) is 1.56. The average molecular weight is 491 g/mol. The first-order valence-corrected chi connectivity index (χ1v) is 13.7. The zero-order valence-electron chi connectivity index (χ0n) is 18.5. The van der Waals surface area contributed by atoms with E-state index < -0.39 is 38.0 Å². The van der Waals surface area contributed by atoms with Crippen molar-refractivity contribution >= 4 is 26.0 Å². The summed E-state index contributed by atoms with van der Waals surface area (Å²) in [4.78, 5) is 12.6. The van der Waals surface area contributed by atoms with Crippen molar-refractivity contribution in [3.05, 3.63) is 71.0 Å². The lowest BCUT2D eigenvalue weighted by Gasteiger charge is -2.22. The van der Waals surface area contributed by atoms with Crippen molar-refractivity contribution < 1.29 is 30.0 Å². The molecule has 2 aliphatic carbocycles. The molecule has 0 bridgehead atoms. The molecule has 0 amide bonds. The maximum atomic E-state index is 12.8. The van der Waals surface area contributed by atoms with Crippen LogP contribution in [-0.4, -0.2) is 28.7 Å². The van der Waals surface area contributed by atoms with Crippen LogP contribution in [0.2, 0.25) is 0 Å². The Hall–Kier alpha value is -2.49. The quantitative estimate of drug-likeness (QED) is 0.536. The predicted octanol–water partition coefficient (Wildman–Crippen LogP) is 4.20. The predicted molar refractivity (Wildman–Crippen MR) is 121 cm³/mol. The van der Waals surface area contributed by atoms with E-state index in [4.69, 9.17) is 8.37 Å². The molecule has 2 aliphatic rings. The maximum Gasteiger partial charge on any atom is 0.339 e. The van der Waals surface area contributed by atoms with Gasteiger partial charge in [-0.3, -0.25) is 8.98 Å². The second-order valence-electron chi connectivity index (χ2n) is 8.57. The lowest BCUT2D eigenvalue weighted by molar-refractivity contribution is -0.116. The van der Waals surface area contributed by atoms with E-state index in [2.05, 4.69) is 0 Å². The Kier molecular flexibility index (Phi) is 6.48. The molecular weight excluding hydrogens is 464 g/mol. The third-order valence-electron chi connectivity index (χ3n) is 6.13. The van der Waals surface area contributed by atoms with Crippen LogP contribution in [0.3, 0.4) is 0 Å². The lowest BCUT2D eigenvalue weighted by atomic mass is 9.94. The number of hydrogen-bond acceptors (Lipinski definition) is 7. The highest BCUT2D eigenvalue weighted by molar-refractivity contribution is 7.87. The van der Waals surface area contributed by atoms with E-state index in [9.17, 15) is 21.6 Å². The minimum atomic E-state index is -4.19. The number of carbonyl (C=O) groups is 1. The summed E-state index contributed by atoms with van der Waals surface area (Å²) in [6.45, 7) is 3.70. The Morgan fingerprint density at radius 2 is 1.30 bits per heavy atom. The van der Waals surface area contributed by atoms with Gasteiger partial charge in [0.05, 0.1) is 11.0 Å². The third-order valence-corrected chi connectivity index (χ3v) is 8.71. The molecule has 0 aromatic heterocycles. The summed E-state index contributed by atoms with van der Waals surface area (Å²) in [7, 11) is -8.20. The first-order valence-electron chi connectivity index (χ1n) is 10.8.